The molecule has 3 heteroatoms. The van der Waals surface area contributed by atoms with E-state index in [2.05, 4.69) is 25.9 Å². The fourth-order valence-electron chi connectivity index (χ4n) is 1.11. The summed E-state index contributed by atoms with van der Waals surface area (Å²) in [7, 11) is 0. The molecule has 1 heterocycles. The second-order valence-electron chi connectivity index (χ2n) is 3.40. The largest absolute Gasteiger partial charge is 0.324 e. The molecule has 1 aromatic heterocycles. The lowest BCUT2D eigenvalue weighted by atomic mass is 10.0. The summed E-state index contributed by atoms with van der Waals surface area (Å²) in [5.74, 6) is 0.472. The Balaban J connectivity index is 2.74. The minimum absolute atomic E-state index is 0.116. The van der Waals surface area contributed by atoms with Gasteiger partial charge in [0, 0.05) is 24.3 Å². The third kappa shape index (κ3) is 1.85. The van der Waals surface area contributed by atoms with Crippen molar-refractivity contribution in [1.29, 1.82) is 0 Å². The first kappa shape index (κ1) is 9.26. The van der Waals surface area contributed by atoms with E-state index in [1.807, 2.05) is 17.1 Å². The van der Waals surface area contributed by atoms with Crippen LogP contribution in [0.2, 0.25) is 0 Å². The van der Waals surface area contributed by atoms with E-state index >= 15 is 0 Å². The number of rotatable bonds is 3. The van der Waals surface area contributed by atoms with Gasteiger partial charge in [-0.05, 0) is 12.8 Å². The molecule has 12 heavy (non-hydrogen) atoms. The van der Waals surface area contributed by atoms with Crippen LogP contribution in [0.25, 0.3) is 0 Å². The summed E-state index contributed by atoms with van der Waals surface area (Å²) in [6, 6.07) is 0.116. The van der Waals surface area contributed by atoms with E-state index in [0.29, 0.717) is 5.92 Å². The highest BCUT2D eigenvalue weighted by Gasteiger charge is 2.11. The van der Waals surface area contributed by atoms with Crippen molar-refractivity contribution in [3.05, 3.63) is 18.0 Å². The zero-order chi connectivity index (χ0) is 9.14. The second-order valence-corrected chi connectivity index (χ2v) is 3.40. The van der Waals surface area contributed by atoms with Crippen molar-refractivity contribution in [2.24, 2.45) is 11.7 Å². The molecule has 0 saturated heterocycles. The summed E-state index contributed by atoms with van der Waals surface area (Å²) >= 11 is 0. The fraction of sp³-hybridized carbons (Fsp3) is 0.667. The van der Waals surface area contributed by atoms with E-state index in [0.717, 1.165) is 12.1 Å². The third-order valence-corrected chi connectivity index (χ3v) is 2.08. The third-order valence-electron chi connectivity index (χ3n) is 2.08. The van der Waals surface area contributed by atoms with Crippen LogP contribution in [0.1, 0.15) is 32.4 Å². The van der Waals surface area contributed by atoms with E-state index < -0.39 is 0 Å². The number of nitrogens with two attached hydrogens (primary N) is 1. The molecule has 0 bridgehead atoms. The molecule has 2 N–H and O–H groups in total. The number of hydrogen-bond acceptors (Lipinski definition) is 2. The molecule has 0 amide bonds. The Hall–Kier alpha value is -0.830. The molecule has 1 atom stereocenters. The Kier molecular flexibility index (Phi) is 2.87. The molecule has 1 unspecified atom stereocenters. The highest BCUT2D eigenvalue weighted by Crippen LogP contribution is 2.17. The quantitative estimate of drug-likeness (QED) is 0.742. The number of hydrogen-bond donors (Lipinski definition) is 1. The summed E-state index contributed by atoms with van der Waals surface area (Å²) < 4.78 is 1.90. The van der Waals surface area contributed by atoms with Crippen molar-refractivity contribution in [2.45, 2.75) is 33.4 Å². The Morgan fingerprint density at radius 1 is 1.58 bits per heavy atom. The molecule has 0 fully saturated rings. The van der Waals surface area contributed by atoms with Gasteiger partial charge in [-0.3, -0.25) is 4.68 Å². The Bertz CT molecular complexity index is 240. The molecule has 0 aliphatic carbocycles. The average molecular weight is 167 g/mol. The van der Waals surface area contributed by atoms with Crippen LogP contribution in [-0.4, -0.2) is 9.78 Å². The van der Waals surface area contributed by atoms with Crippen molar-refractivity contribution < 1.29 is 0 Å². The van der Waals surface area contributed by atoms with Gasteiger partial charge in [-0.1, -0.05) is 13.8 Å². The summed E-state index contributed by atoms with van der Waals surface area (Å²) in [5.41, 5.74) is 7.08. The molecule has 68 valence electrons. The Morgan fingerprint density at radius 2 is 2.25 bits per heavy atom. The highest BCUT2D eigenvalue weighted by atomic mass is 15.3. The SMILES string of the molecule is CCn1cc(C(N)C(C)C)cn1. The van der Waals surface area contributed by atoms with Crippen LogP contribution < -0.4 is 5.73 Å². The number of aromatic nitrogens is 2. The van der Waals surface area contributed by atoms with Gasteiger partial charge in [-0.2, -0.15) is 5.10 Å². The van der Waals surface area contributed by atoms with E-state index in [-0.39, 0.29) is 6.04 Å². The van der Waals surface area contributed by atoms with Gasteiger partial charge in [0.2, 0.25) is 0 Å². The van der Waals surface area contributed by atoms with E-state index in [9.17, 15) is 0 Å². The van der Waals surface area contributed by atoms with Crippen molar-refractivity contribution >= 4 is 0 Å². The monoisotopic (exact) mass is 167 g/mol. The topological polar surface area (TPSA) is 43.8 Å². The molecule has 0 aliphatic rings. The molecule has 1 aromatic rings. The molecule has 0 saturated carbocycles. The van der Waals surface area contributed by atoms with Crippen molar-refractivity contribution in [3.8, 4) is 0 Å². The molecule has 1 rings (SSSR count). The Labute approximate surface area is 73.6 Å². The predicted octanol–water partition coefficient (Wildman–Crippen LogP) is 1.56. The van der Waals surface area contributed by atoms with Crippen LogP contribution in [0.4, 0.5) is 0 Å². The normalized spacial score (nSPS) is 13.8. The fourth-order valence-corrected chi connectivity index (χ4v) is 1.11. The van der Waals surface area contributed by atoms with Crippen LogP contribution in [0.3, 0.4) is 0 Å². The van der Waals surface area contributed by atoms with Gasteiger partial charge in [0.15, 0.2) is 0 Å². The van der Waals surface area contributed by atoms with Crippen LogP contribution in [0, 0.1) is 5.92 Å². The van der Waals surface area contributed by atoms with Crippen molar-refractivity contribution in [1.82, 2.24) is 9.78 Å². The van der Waals surface area contributed by atoms with Crippen molar-refractivity contribution in [2.75, 3.05) is 0 Å². The lowest BCUT2D eigenvalue weighted by Crippen LogP contribution is -2.15. The molecule has 3 nitrogen and oxygen atoms in total. The van der Waals surface area contributed by atoms with E-state index in [4.69, 9.17) is 5.73 Å². The predicted molar refractivity (Wildman–Crippen MR) is 49.7 cm³/mol. The zero-order valence-electron chi connectivity index (χ0n) is 7.99. The summed E-state index contributed by atoms with van der Waals surface area (Å²) in [6.45, 7) is 7.21. The van der Waals surface area contributed by atoms with Gasteiger partial charge >= 0.3 is 0 Å². The van der Waals surface area contributed by atoms with E-state index in [1.54, 1.807) is 0 Å². The first-order chi connectivity index (χ1) is 5.65. The Morgan fingerprint density at radius 3 is 2.67 bits per heavy atom. The average Bonchev–Trinajstić information content (AvgIpc) is 2.50. The van der Waals surface area contributed by atoms with Gasteiger partial charge in [0.1, 0.15) is 0 Å². The lowest BCUT2D eigenvalue weighted by molar-refractivity contribution is 0.513. The van der Waals surface area contributed by atoms with Gasteiger partial charge < -0.3 is 5.73 Å². The number of nitrogens with zero attached hydrogens (tertiary/aromatic N) is 2. The first-order valence-electron chi connectivity index (χ1n) is 4.43. The number of aryl methyl sites for hydroxylation is 1. The maximum Gasteiger partial charge on any atom is 0.0537 e. The maximum atomic E-state index is 5.95. The van der Waals surface area contributed by atoms with Crippen LogP contribution in [0.5, 0.6) is 0 Å². The molecule has 0 aromatic carbocycles. The summed E-state index contributed by atoms with van der Waals surface area (Å²) in [4.78, 5) is 0. The lowest BCUT2D eigenvalue weighted by Gasteiger charge is -2.12. The van der Waals surface area contributed by atoms with Crippen molar-refractivity contribution in [3.63, 3.8) is 0 Å². The smallest absolute Gasteiger partial charge is 0.0537 e. The zero-order valence-corrected chi connectivity index (χ0v) is 7.99. The van der Waals surface area contributed by atoms with Gasteiger partial charge in [-0.15, -0.1) is 0 Å². The van der Waals surface area contributed by atoms with Crippen LogP contribution in [-0.2, 0) is 6.54 Å². The molecule has 0 radical (unpaired) electrons. The standard InChI is InChI=1S/C9H17N3/c1-4-12-6-8(5-11-12)9(10)7(2)3/h5-7,9H,4,10H2,1-3H3. The van der Waals surface area contributed by atoms with Gasteiger partial charge in [-0.25, -0.2) is 0 Å². The molecular weight excluding hydrogens is 150 g/mol. The first-order valence-corrected chi connectivity index (χ1v) is 4.43. The van der Waals surface area contributed by atoms with E-state index in [1.165, 1.54) is 0 Å². The maximum absolute atomic E-state index is 5.95. The highest BCUT2D eigenvalue weighted by molar-refractivity contribution is 5.10. The summed E-state index contributed by atoms with van der Waals surface area (Å²) in [6.07, 6.45) is 3.87. The summed E-state index contributed by atoms with van der Waals surface area (Å²) in [5, 5.41) is 4.17. The van der Waals surface area contributed by atoms with Crippen LogP contribution in [0.15, 0.2) is 12.4 Å². The van der Waals surface area contributed by atoms with Crippen LogP contribution >= 0.6 is 0 Å². The molecule has 0 aliphatic heterocycles. The molecular formula is C9H17N3. The van der Waals surface area contributed by atoms with Gasteiger partial charge in [0.25, 0.3) is 0 Å². The molecule has 0 spiro atoms. The second kappa shape index (κ2) is 3.72. The van der Waals surface area contributed by atoms with Gasteiger partial charge in [0.05, 0.1) is 6.20 Å². The minimum Gasteiger partial charge on any atom is -0.324 e. The minimum atomic E-state index is 0.116.